The molecule has 0 aromatic heterocycles. The van der Waals surface area contributed by atoms with Crippen molar-refractivity contribution in [3.05, 3.63) is 103 Å². The van der Waals surface area contributed by atoms with Gasteiger partial charge in [-0.25, -0.2) is 0 Å². The predicted molar refractivity (Wildman–Crippen MR) is 116 cm³/mol. The molecule has 146 valence electrons. The summed E-state index contributed by atoms with van der Waals surface area (Å²) >= 11 is 0. The zero-order valence-corrected chi connectivity index (χ0v) is 17.9. The zero-order valence-electron chi connectivity index (χ0n) is 16.3. The summed E-state index contributed by atoms with van der Waals surface area (Å²) in [7, 11) is -2.08. The van der Waals surface area contributed by atoms with Crippen LogP contribution in [0.25, 0.3) is 0 Å². The van der Waals surface area contributed by atoms with E-state index in [1.54, 1.807) is 0 Å². The molecule has 3 aromatic carbocycles. The summed E-state index contributed by atoms with van der Waals surface area (Å²) in [5, 5.41) is 3.83. The summed E-state index contributed by atoms with van der Waals surface area (Å²) in [5.41, 5.74) is 0. The van der Waals surface area contributed by atoms with Gasteiger partial charge in [0.2, 0.25) is 0 Å². The number of hydrogen-bond donors (Lipinski definition) is 0. The van der Waals surface area contributed by atoms with Crippen molar-refractivity contribution in [3.8, 4) is 0 Å². The highest BCUT2D eigenvalue weighted by Gasteiger charge is 2.45. The van der Waals surface area contributed by atoms with Gasteiger partial charge in [0.05, 0.1) is 13.2 Å². The van der Waals surface area contributed by atoms with Gasteiger partial charge in [-0.2, -0.15) is 0 Å². The number of hydrogen-bond acceptors (Lipinski definition) is 2. The summed E-state index contributed by atoms with van der Waals surface area (Å²) in [5.74, 6) is 2.82. The summed E-state index contributed by atoms with van der Waals surface area (Å²) in [6.07, 6.45) is 0. The first kappa shape index (κ1) is 22.0. The molecular formula is C24H26ClO2P. The van der Waals surface area contributed by atoms with E-state index in [2.05, 4.69) is 96.8 Å². The minimum absolute atomic E-state index is 0. The van der Waals surface area contributed by atoms with E-state index in [0.29, 0.717) is 19.2 Å². The Labute approximate surface area is 175 Å². The highest BCUT2D eigenvalue weighted by molar-refractivity contribution is 7.98. The second-order valence-corrected chi connectivity index (χ2v) is 9.30. The summed E-state index contributed by atoms with van der Waals surface area (Å²) < 4.78 is 11.7. The molecule has 2 nitrogen and oxygen atoms in total. The molecule has 0 aliphatic rings. The molecular weight excluding hydrogens is 387 g/mol. The minimum Gasteiger partial charge on any atom is -1.00 e. The molecule has 0 saturated carbocycles. The lowest BCUT2D eigenvalue weighted by Crippen LogP contribution is -3.00. The first-order valence-electron chi connectivity index (χ1n) is 9.35. The first-order chi connectivity index (χ1) is 13.3. The SMILES string of the molecule is CCOC(=C[P+](c1ccccc1)(c1ccccc1)c1ccccc1)OCC.[Cl-]. The molecule has 0 aliphatic carbocycles. The molecule has 0 N–H and O–H groups in total. The van der Waals surface area contributed by atoms with Crippen LogP contribution in [0.2, 0.25) is 0 Å². The van der Waals surface area contributed by atoms with Gasteiger partial charge >= 0.3 is 5.95 Å². The van der Waals surface area contributed by atoms with Crippen molar-refractivity contribution >= 4 is 23.2 Å². The quantitative estimate of drug-likeness (QED) is 0.415. The van der Waals surface area contributed by atoms with Crippen molar-refractivity contribution in [1.29, 1.82) is 0 Å². The van der Waals surface area contributed by atoms with Crippen LogP contribution in [0, 0.1) is 0 Å². The van der Waals surface area contributed by atoms with Gasteiger partial charge in [-0.3, -0.25) is 0 Å². The Bertz CT molecular complexity index is 747. The standard InChI is InChI=1S/C24H26O2P.ClH/c1-3-25-24(26-4-2)20-27(21-14-8-5-9-15-21,22-16-10-6-11-17-22)23-18-12-7-13-19-23;/h5-20H,3-4H2,1-2H3;1H/q+1;/p-1. The van der Waals surface area contributed by atoms with E-state index in [1.807, 2.05) is 13.8 Å². The van der Waals surface area contributed by atoms with E-state index in [9.17, 15) is 0 Å². The van der Waals surface area contributed by atoms with E-state index >= 15 is 0 Å². The second-order valence-electron chi connectivity index (χ2n) is 6.04. The molecule has 3 rings (SSSR count). The molecule has 0 radical (unpaired) electrons. The van der Waals surface area contributed by atoms with E-state index in [-0.39, 0.29) is 12.4 Å². The van der Waals surface area contributed by atoms with E-state index < -0.39 is 7.26 Å². The maximum Gasteiger partial charge on any atom is 0.317 e. The van der Waals surface area contributed by atoms with Gasteiger partial charge < -0.3 is 21.9 Å². The largest absolute Gasteiger partial charge is 1.00 e. The van der Waals surface area contributed by atoms with Gasteiger partial charge in [0, 0.05) is 0 Å². The number of ether oxygens (including phenoxy) is 2. The Morgan fingerprint density at radius 3 is 1.25 bits per heavy atom. The molecule has 0 spiro atoms. The average molecular weight is 413 g/mol. The Kier molecular flexibility index (Phi) is 8.57. The normalized spacial score (nSPS) is 10.5. The van der Waals surface area contributed by atoms with Crippen LogP contribution >= 0.6 is 7.26 Å². The average Bonchev–Trinajstić information content (AvgIpc) is 2.74. The second kappa shape index (κ2) is 10.9. The van der Waals surface area contributed by atoms with Crippen LogP contribution in [0.1, 0.15) is 13.8 Å². The van der Waals surface area contributed by atoms with Gasteiger partial charge in [0.25, 0.3) is 0 Å². The molecule has 3 aromatic rings. The molecule has 0 unspecified atom stereocenters. The maximum atomic E-state index is 5.87. The van der Waals surface area contributed by atoms with Crippen molar-refractivity contribution in [2.45, 2.75) is 13.8 Å². The summed E-state index contributed by atoms with van der Waals surface area (Å²) in [6.45, 7) is 5.12. The monoisotopic (exact) mass is 412 g/mol. The van der Waals surface area contributed by atoms with Crippen molar-refractivity contribution in [2.75, 3.05) is 13.2 Å². The third-order valence-corrected chi connectivity index (χ3v) is 8.30. The van der Waals surface area contributed by atoms with Gasteiger partial charge in [0.15, 0.2) is 5.82 Å². The smallest absolute Gasteiger partial charge is 0.317 e. The van der Waals surface area contributed by atoms with Gasteiger partial charge in [0.1, 0.15) is 23.2 Å². The lowest BCUT2D eigenvalue weighted by molar-refractivity contribution is -0.0000127. The molecule has 0 bridgehead atoms. The zero-order chi connectivity index (χ0) is 19.0. The molecule has 4 heteroatoms. The van der Waals surface area contributed by atoms with Crippen molar-refractivity contribution < 1.29 is 21.9 Å². The Hall–Kier alpha value is -2.28. The third kappa shape index (κ3) is 4.76. The minimum atomic E-state index is -2.08. The lowest BCUT2D eigenvalue weighted by atomic mass is 10.4. The summed E-state index contributed by atoms with van der Waals surface area (Å²) in [4.78, 5) is 0. The Balaban J connectivity index is 0.00000280. The lowest BCUT2D eigenvalue weighted by Gasteiger charge is -2.24. The van der Waals surface area contributed by atoms with Gasteiger partial charge in [-0.05, 0) is 50.2 Å². The van der Waals surface area contributed by atoms with Crippen LogP contribution in [0.15, 0.2) is 103 Å². The van der Waals surface area contributed by atoms with E-state index in [4.69, 9.17) is 9.47 Å². The van der Waals surface area contributed by atoms with Crippen LogP contribution in [0.4, 0.5) is 0 Å². The van der Waals surface area contributed by atoms with Crippen LogP contribution < -0.4 is 28.3 Å². The fraction of sp³-hybridized carbons (Fsp3) is 0.167. The van der Waals surface area contributed by atoms with Gasteiger partial charge in [-0.1, -0.05) is 54.6 Å². The van der Waals surface area contributed by atoms with Crippen molar-refractivity contribution in [3.63, 3.8) is 0 Å². The van der Waals surface area contributed by atoms with Crippen LogP contribution in [0.5, 0.6) is 0 Å². The highest BCUT2D eigenvalue weighted by atomic mass is 35.5. The predicted octanol–water partition coefficient (Wildman–Crippen LogP) is 1.86. The molecule has 0 amide bonds. The van der Waals surface area contributed by atoms with Crippen LogP contribution in [-0.4, -0.2) is 13.2 Å². The topological polar surface area (TPSA) is 18.5 Å². The third-order valence-electron chi connectivity index (χ3n) is 4.36. The van der Waals surface area contributed by atoms with Crippen LogP contribution in [-0.2, 0) is 9.47 Å². The first-order valence-corrected chi connectivity index (χ1v) is 11.2. The van der Waals surface area contributed by atoms with E-state index in [0.717, 1.165) is 0 Å². The van der Waals surface area contributed by atoms with Gasteiger partial charge in [-0.15, -0.1) is 0 Å². The fourth-order valence-electron chi connectivity index (χ4n) is 3.22. The number of rotatable bonds is 8. The molecule has 0 saturated heterocycles. The molecule has 0 aliphatic heterocycles. The Morgan fingerprint density at radius 2 is 0.964 bits per heavy atom. The van der Waals surface area contributed by atoms with Crippen molar-refractivity contribution in [2.24, 2.45) is 0 Å². The van der Waals surface area contributed by atoms with E-state index in [1.165, 1.54) is 15.9 Å². The van der Waals surface area contributed by atoms with Crippen LogP contribution in [0.3, 0.4) is 0 Å². The highest BCUT2D eigenvalue weighted by Crippen LogP contribution is 2.57. The summed E-state index contributed by atoms with van der Waals surface area (Å²) in [6, 6.07) is 32.0. The maximum absolute atomic E-state index is 5.87. The van der Waals surface area contributed by atoms with Crippen molar-refractivity contribution in [1.82, 2.24) is 0 Å². The Morgan fingerprint density at radius 1 is 0.643 bits per heavy atom. The number of benzene rings is 3. The molecule has 0 heterocycles. The number of halogens is 1. The fourth-order valence-corrected chi connectivity index (χ4v) is 6.95. The molecule has 0 atom stereocenters. The molecule has 0 fully saturated rings. The molecule has 28 heavy (non-hydrogen) atoms.